The molecule has 21 heteroatoms. The number of piperidine rings is 2. The van der Waals surface area contributed by atoms with Crippen LogP contribution in [-0.4, -0.2) is 118 Å². The lowest BCUT2D eigenvalue weighted by molar-refractivity contribution is -0.136. The molecule has 1 unspecified atom stereocenters. The van der Waals surface area contributed by atoms with Crippen LogP contribution in [0.3, 0.4) is 0 Å². The monoisotopic (exact) mass is 837 g/mol. The third-order valence-electron chi connectivity index (χ3n) is 9.61. The summed E-state index contributed by atoms with van der Waals surface area (Å²) in [5.41, 5.74) is 0.134. The van der Waals surface area contributed by atoms with E-state index >= 15 is 0 Å². The molecule has 3 aromatic rings. The summed E-state index contributed by atoms with van der Waals surface area (Å²) in [4.78, 5) is 116. The average molecular weight is 839 g/mol. The van der Waals surface area contributed by atoms with Crippen molar-refractivity contribution >= 4 is 82.1 Å². The number of halogens is 2. The Kier molecular flexibility index (Phi) is 13.0. The van der Waals surface area contributed by atoms with Gasteiger partial charge in [0.15, 0.2) is 6.61 Å². The summed E-state index contributed by atoms with van der Waals surface area (Å²) in [6, 6.07) is 7.51. The van der Waals surface area contributed by atoms with Crippen LogP contribution in [0.1, 0.15) is 80.1 Å². The number of amides is 9. The van der Waals surface area contributed by atoms with E-state index in [1.54, 1.807) is 11.0 Å². The van der Waals surface area contributed by atoms with Crippen LogP contribution in [0, 0.1) is 0 Å². The highest BCUT2D eigenvalue weighted by atomic mass is 35.5. The van der Waals surface area contributed by atoms with E-state index in [0.29, 0.717) is 25.9 Å². The van der Waals surface area contributed by atoms with Gasteiger partial charge in [-0.3, -0.25) is 58.5 Å². The van der Waals surface area contributed by atoms with Gasteiger partial charge in [0.2, 0.25) is 23.6 Å². The van der Waals surface area contributed by atoms with Crippen LogP contribution >= 0.6 is 23.2 Å². The van der Waals surface area contributed by atoms with E-state index < -0.39 is 59.9 Å². The number of nitrogens with one attached hydrogen (secondary N) is 6. The number of ether oxygens (including phenoxy) is 1. The first kappa shape index (κ1) is 41.3. The number of hydrogen-bond donors (Lipinski definition) is 6. The molecule has 0 bridgehead atoms. The number of anilines is 1. The summed E-state index contributed by atoms with van der Waals surface area (Å²) in [6.45, 7) is 0.295. The van der Waals surface area contributed by atoms with E-state index in [9.17, 15) is 43.2 Å². The van der Waals surface area contributed by atoms with E-state index in [1.807, 2.05) is 0 Å². The predicted octanol–water partition coefficient (Wildman–Crippen LogP) is 1.18. The van der Waals surface area contributed by atoms with Gasteiger partial charge in [0, 0.05) is 51.5 Å². The molecule has 2 saturated heterocycles. The van der Waals surface area contributed by atoms with Crippen molar-refractivity contribution in [3.05, 3.63) is 75.0 Å². The van der Waals surface area contributed by atoms with Crippen LogP contribution < -0.4 is 31.3 Å². The number of likely N-dealkylation sites (tertiary alicyclic amines) is 1. The van der Waals surface area contributed by atoms with Gasteiger partial charge in [-0.05, 0) is 43.5 Å². The van der Waals surface area contributed by atoms with Crippen molar-refractivity contribution in [3.63, 3.8) is 0 Å². The number of fused-ring (bicyclic) bond motifs is 1. The summed E-state index contributed by atoms with van der Waals surface area (Å²) < 4.78 is 5.55. The Labute approximate surface area is 339 Å². The maximum absolute atomic E-state index is 13.2. The molecule has 2 aromatic carbocycles. The molecule has 2 fully saturated rings. The molecule has 58 heavy (non-hydrogen) atoms. The van der Waals surface area contributed by atoms with Gasteiger partial charge in [0.05, 0.1) is 38.6 Å². The molecule has 4 heterocycles. The summed E-state index contributed by atoms with van der Waals surface area (Å²) in [6.07, 6.45) is 2.05. The van der Waals surface area contributed by atoms with E-state index in [1.165, 1.54) is 36.5 Å². The van der Waals surface area contributed by atoms with Crippen LogP contribution in [-0.2, 0) is 24.0 Å². The molecule has 6 rings (SSSR count). The maximum atomic E-state index is 13.2. The first-order chi connectivity index (χ1) is 27.8. The highest BCUT2D eigenvalue weighted by Gasteiger charge is 2.46. The molecular weight excluding hydrogens is 801 g/mol. The number of carbonyl (C=O) groups is 9. The van der Waals surface area contributed by atoms with E-state index in [0.717, 1.165) is 4.90 Å². The summed E-state index contributed by atoms with van der Waals surface area (Å²) in [7, 11) is 0. The lowest BCUT2D eigenvalue weighted by Crippen LogP contribution is -2.54. The van der Waals surface area contributed by atoms with Crippen LogP contribution in [0.15, 0.2) is 42.6 Å². The quantitative estimate of drug-likeness (QED) is 0.0993. The van der Waals surface area contributed by atoms with Gasteiger partial charge in [0.1, 0.15) is 17.5 Å². The largest absolute Gasteiger partial charge is 0.483 e. The van der Waals surface area contributed by atoms with Gasteiger partial charge < -0.3 is 30.9 Å². The minimum atomic E-state index is -1.15. The highest BCUT2D eigenvalue weighted by Crippen LogP contribution is 2.33. The van der Waals surface area contributed by atoms with Crippen LogP contribution in [0.2, 0.25) is 10.0 Å². The third kappa shape index (κ3) is 9.43. The van der Waals surface area contributed by atoms with Crippen LogP contribution in [0.25, 0.3) is 0 Å². The van der Waals surface area contributed by atoms with E-state index in [2.05, 4.69) is 36.8 Å². The van der Waals surface area contributed by atoms with Gasteiger partial charge in [0.25, 0.3) is 29.5 Å². The number of imide groups is 2. The van der Waals surface area contributed by atoms with Crippen molar-refractivity contribution in [1.82, 2.24) is 41.3 Å². The molecule has 3 aliphatic rings. The number of carbonyl (C=O) groups excluding carboxylic acids is 9. The Bertz CT molecular complexity index is 2170. The fraction of sp³-hybridized carbons (Fsp3) is 0.351. The fourth-order valence-corrected chi connectivity index (χ4v) is 7.22. The zero-order valence-corrected chi connectivity index (χ0v) is 32.2. The van der Waals surface area contributed by atoms with E-state index in [4.69, 9.17) is 27.9 Å². The molecule has 6 N–H and O–H groups in total. The van der Waals surface area contributed by atoms with Gasteiger partial charge in [-0.1, -0.05) is 35.3 Å². The van der Waals surface area contributed by atoms with Crippen LogP contribution in [0.5, 0.6) is 5.75 Å². The minimum Gasteiger partial charge on any atom is -0.483 e. The Morgan fingerprint density at radius 3 is 2.24 bits per heavy atom. The summed E-state index contributed by atoms with van der Waals surface area (Å²) >= 11 is 12.3. The van der Waals surface area contributed by atoms with Crippen molar-refractivity contribution < 1.29 is 47.9 Å². The predicted molar refractivity (Wildman–Crippen MR) is 204 cm³/mol. The molecule has 9 amide bonds. The highest BCUT2D eigenvalue weighted by molar-refractivity contribution is 6.40. The minimum absolute atomic E-state index is 0.00563. The second kappa shape index (κ2) is 18.3. The van der Waals surface area contributed by atoms with Gasteiger partial charge >= 0.3 is 0 Å². The standard InChI is InChI=1S/C37H37Cl2N9O10/c38-21-4-2-5-22(39)31(21)34(54)44-23-17-42-46-32(23)35(55)43-19-11-15-47(16-12-19)29(52)10-9-26(49)40-13-14-41-28(51)18-58-25-6-1-3-20-30(25)37(57)48(36(20)56)24-7-8-27(50)45-33(24)53/h1-6,17,19,24H,7-16,18H2,(H,40,49)(H,41,51)(H,42,46)(H,43,55)(H,44,54)(H,45,50,53). The molecule has 1 aromatic heterocycles. The molecule has 0 spiro atoms. The van der Waals surface area contributed by atoms with Crippen LogP contribution in [0.4, 0.5) is 5.69 Å². The fourth-order valence-electron chi connectivity index (χ4n) is 6.65. The second-order valence-electron chi connectivity index (χ2n) is 13.5. The lowest BCUT2D eigenvalue weighted by atomic mass is 10.0. The van der Waals surface area contributed by atoms with Crippen molar-refractivity contribution in [3.8, 4) is 5.75 Å². The molecule has 3 aliphatic heterocycles. The number of H-pyrrole nitrogens is 1. The van der Waals surface area contributed by atoms with Crippen molar-refractivity contribution in [2.45, 2.75) is 50.6 Å². The third-order valence-corrected chi connectivity index (χ3v) is 10.2. The number of nitrogens with zero attached hydrogens (tertiary/aromatic N) is 3. The Hall–Kier alpha value is -6.34. The Morgan fingerprint density at radius 2 is 1.53 bits per heavy atom. The molecule has 304 valence electrons. The molecule has 19 nitrogen and oxygen atoms in total. The van der Waals surface area contributed by atoms with Crippen molar-refractivity contribution in [2.24, 2.45) is 0 Å². The molecule has 0 radical (unpaired) electrons. The van der Waals surface area contributed by atoms with Crippen molar-refractivity contribution in [1.29, 1.82) is 0 Å². The number of benzene rings is 2. The lowest BCUT2D eigenvalue weighted by Gasteiger charge is -2.32. The summed E-state index contributed by atoms with van der Waals surface area (Å²) in [5, 5.41) is 19.5. The number of aromatic nitrogens is 2. The average Bonchev–Trinajstić information content (AvgIpc) is 3.76. The normalized spacial score (nSPS) is 16.7. The zero-order valence-electron chi connectivity index (χ0n) is 30.7. The Morgan fingerprint density at radius 1 is 0.845 bits per heavy atom. The van der Waals surface area contributed by atoms with Gasteiger partial charge in [-0.25, -0.2) is 0 Å². The first-order valence-corrected chi connectivity index (χ1v) is 19.0. The molecule has 1 atom stereocenters. The second-order valence-corrected chi connectivity index (χ2v) is 14.3. The molecule has 0 saturated carbocycles. The number of hydrogen-bond acceptors (Lipinski definition) is 11. The topological polar surface area (TPSA) is 258 Å². The Balaban J connectivity index is 0.860. The van der Waals surface area contributed by atoms with Crippen molar-refractivity contribution in [2.75, 3.05) is 38.1 Å². The number of rotatable bonds is 14. The maximum Gasteiger partial charge on any atom is 0.271 e. The zero-order chi connectivity index (χ0) is 41.5. The SMILES string of the molecule is O=C(CCC(=O)N1CCC(NC(=O)c2[nH]ncc2NC(=O)c2c(Cl)cccc2Cl)CC1)NCCNC(=O)COc1cccc2c1C(=O)N(C1CCC(=O)NC1=O)C2=O. The molecule has 0 aliphatic carbocycles. The molecular formula is C37H37Cl2N9O10. The summed E-state index contributed by atoms with van der Waals surface area (Å²) in [5.74, 6) is -5.06. The van der Waals surface area contributed by atoms with Gasteiger partial charge in [-0.2, -0.15) is 5.10 Å². The smallest absolute Gasteiger partial charge is 0.271 e. The van der Waals surface area contributed by atoms with E-state index in [-0.39, 0.29) is 94.6 Å². The number of aromatic amines is 1. The first-order valence-electron chi connectivity index (χ1n) is 18.2. The van der Waals surface area contributed by atoms with Gasteiger partial charge in [-0.15, -0.1) is 0 Å².